The van der Waals surface area contributed by atoms with Crippen LogP contribution in [0.4, 0.5) is 11.5 Å². The van der Waals surface area contributed by atoms with Crippen molar-refractivity contribution in [3.8, 4) is 0 Å². The van der Waals surface area contributed by atoms with Gasteiger partial charge in [0, 0.05) is 20.3 Å². The number of amides is 1. The van der Waals surface area contributed by atoms with Gasteiger partial charge >= 0.3 is 5.69 Å². The number of anilines is 2. The van der Waals surface area contributed by atoms with Crippen molar-refractivity contribution in [3.63, 3.8) is 0 Å². The number of methoxy groups -OCH3 is 1. The van der Waals surface area contributed by atoms with Crippen molar-refractivity contribution in [2.45, 2.75) is 30.6 Å². The Morgan fingerprint density at radius 1 is 1.33 bits per heavy atom. The summed E-state index contributed by atoms with van der Waals surface area (Å²) in [6.07, 6.45) is 0.737. The lowest BCUT2D eigenvalue weighted by molar-refractivity contribution is -0.124. The van der Waals surface area contributed by atoms with Crippen LogP contribution in [0, 0.1) is 5.41 Å². The number of halogens is 2. The van der Waals surface area contributed by atoms with E-state index in [1.54, 1.807) is 14.0 Å². The summed E-state index contributed by atoms with van der Waals surface area (Å²) in [6, 6.07) is 9.18. The van der Waals surface area contributed by atoms with Crippen LogP contribution in [0.3, 0.4) is 0 Å². The fourth-order valence-electron chi connectivity index (χ4n) is 3.39. The Morgan fingerprint density at radius 2 is 1.97 bits per heavy atom. The summed E-state index contributed by atoms with van der Waals surface area (Å²) in [5.74, 6) is -0.551. The average Bonchev–Trinajstić information content (AvgIpc) is 3.29. The molecule has 1 heterocycles. The minimum atomic E-state index is -1.19. The Hall–Kier alpha value is -2.40. The molecular formula is C21H25Cl2N5O4S. The normalized spacial score (nSPS) is 18.5. The van der Waals surface area contributed by atoms with Crippen LogP contribution < -0.4 is 27.2 Å². The van der Waals surface area contributed by atoms with E-state index in [0.717, 1.165) is 5.56 Å². The van der Waals surface area contributed by atoms with Crippen LogP contribution >= 0.6 is 35.4 Å². The fourth-order valence-corrected chi connectivity index (χ4v) is 4.37. The van der Waals surface area contributed by atoms with Crippen LogP contribution in [0.1, 0.15) is 25.3 Å². The zero-order chi connectivity index (χ0) is 24.4. The van der Waals surface area contributed by atoms with E-state index < -0.39 is 26.9 Å². The van der Waals surface area contributed by atoms with Crippen molar-refractivity contribution in [3.05, 3.63) is 56.7 Å². The van der Waals surface area contributed by atoms with Gasteiger partial charge < -0.3 is 20.7 Å². The quantitative estimate of drug-likeness (QED) is 0.280. The Kier molecular flexibility index (Phi) is 7.52. The van der Waals surface area contributed by atoms with Gasteiger partial charge in [-0.15, -0.1) is 23.2 Å². The molecule has 9 nitrogen and oxygen atoms in total. The van der Waals surface area contributed by atoms with Gasteiger partial charge in [-0.25, -0.2) is 4.79 Å². The van der Waals surface area contributed by atoms with Crippen molar-refractivity contribution in [1.82, 2.24) is 14.9 Å². The zero-order valence-corrected chi connectivity index (χ0v) is 20.5. The number of H-pyrrole nitrogens is 1. The molecule has 0 radical (unpaired) electrons. The SMILES string of the molecule is COCCCN(C(=S)NC(=O)[C@]1(C)CC1(Cl)Cl)c1c(N)n(Cc2ccccc2)c(=O)[nH]c1=O. The fraction of sp³-hybridized carbons (Fsp3) is 0.429. The molecule has 1 fully saturated rings. The summed E-state index contributed by atoms with van der Waals surface area (Å²) in [5.41, 5.74) is 4.68. The van der Waals surface area contributed by atoms with Gasteiger partial charge in [-0.1, -0.05) is 30.3 Å². The van der Waals surface area contributed by atoms with Gasteiger partial charge in [-0.2, -0.15) is 0 Å². The monoisotopic (exact) mass is 513 g/mol. The van der Waals surface area contributed by atoms with Crippen LogP contribution in [0.15, 0.2) is 39.9 Å². The number of ether oxygens (including phenoxy) is 1. The van der Waals surface area contributed by atoms with Crippen LogP contribution in [0.5, 0.6) is 0 Å². The molecule has 4 N–H and O–H groups in total. The highest BCUT2D eigenvalue weighted by Crippen LogP contribution is 2.63. The third kappa shape index (κ3) is 5.24. The highest BCUT2D eigenvalue weighted by molar-refractivity contribution is 7.80. The van der Waals surface area contributed by atoms with Gasteiger partial charge in [0.15, 0.2) is 10.8 Å². The molecule has 0 saturated heterocycles. The molecule has 2 aromatic rings. The van der Waals surface area contributed by atoms with Crippen LogP contribution in [-0.2, 0) is 16.1 Å². The lowest BCUT2D eigenvalue weighted by Crippen LogP contribution is -2.49. The number of carbonyl (C=O) groups is 1. The molecular weight excluding hydrogens is 489 g/mol. The molecule has 33 heavy (non-hydrogen) atoms. The molecule has 0 aliphatic heterocycles. The summed E-state index contributed by atoms with van der Waals surface area (Å²) in [4.78, 5) is 41.8. The molecule has 1 saturated carbocycles. The number of nitrogens with zero attached hydrogens (tertiary/aromatic N) is 2. The van der Waals surface area contributed by atoms with Gasteiger partial charge in [0.25, 0.3) is 5.56 Å². The Balaban J connectivity index is 1.97. The molecule has 178 valence electrons. The number of hydrogen-bond acceptors (Lipinski definition) is 6. The predicted octanol–water partition coefficient (Wildman–Crippen LogP) is 1.99. The van der Waals surface area contributed by atoms with Crippen LogP contribution in [0.2, 0.25) is 0 Å². The summed E-state index contributed by atoms with van der Waals surface area (Å²) < 4.78 is 5.15. The first-order valence-electron chi connectivity index (χ1n) is 10.2. The van der Waals surface area contributed by atoms with Crippen molar-refractivity contribution in [2.24, 2.45) is 5.41 Å². The lowest BCUT2D eigenvalue weighted by Gasteiger charge is -2.27. The molecule has 0 unspecified atom stereocenters. The van der Waals surface area contributed by atoms with Gasteiger partial charge in [0.05, 0.1) is 12.0 Å². The summed E-state index contributed by atoms with van der Waals surface area (Å²) in [5, 5.41) is 2.55. The number of aromatic amines is 1. The van der Waals surface area contributed by atoms with Crippen molar-refractivity contribution in [1.29, 1.82) is 0 Å². The molecule has 12 heteroatoms. The minimum absolute atomic E-state index is 0.0455. The van der Waals surface area contributed by atoms with E-state index in [0.29, 0.717) is 13.0 Å². The number of nitrogens with one attached hydrogen (secondary N) is 2. The second-order valence-electron chi connectivity index (χ2n) is 8.04. The number of hydrogen-bond donors (Lipinski definition) is 3. The minimum Gasteiger partial charge on any atom is -0.385 e. The van der Waals surface area contributed by atoms with E-state index in [1.807, 2.05) is 30.3 Å². The molecule has 3 rings (SSSR count). The Labute approximate surface area is 205 Å². The maximum Gasteiger partial charge on any atom is 0.330 e. The van der Waals surface area contributed by atoms with Crippen LogP contribution in [0.25, 0.3) is 0 Å². The van der Waals surface area contributed by atoms with Gasteiger partial charge in [0.2, 0.25) is 5.91 Å². The van der Waals surface area contributed by atoms with Gasteiger partial charge in [0.1, 0.15) is 10.2 Å². The van der Waals surface area contributed by atoms with E-state index in [4.69, 9.17) is 45.9 Å². The first kappa shape index (κ1) is 25.2. The second kappa shape index (κ2) is 9.84. The van der Waals surface area contributed by atoms with Crippen LogP contribution in [-0.4, -0.2) is 45.2 Å². The number of nitrogens with two attached hydrogens (primary N) is 1. The second-order valence-corrected chi connectivity index (χ2v) is 9.91. The zero-order valence-electron chi connectivity index (χ0n) is 18.2. The third-order valence-electron chi connectivity index (χ3n) is 5.62. The summed E-state index contributed by atoms with van der Waals surface area (Å²) in [6.45, 7) is 2.34. The molecule has 1 aliphatic rings. The number of alkyl halides is 2. The lowest BCUT2D eigenvalue weighted by atomic mass is 10.1. The van der Waals surface area contributed by atoms with E-state index in [-0.39, 0.29) is 36.1 Å². The maximum atomic E-state index is 12.8. The number of thiocarbonyl (C=S) groups is 1. The molecule has 1 aliphatic carbocycles. The van der Waals surface area contributed by atoms with E-state index in [2.05, 4.69) is 10.3 Å². The third-order valence-corrected chi connectivity index (χ3v) is 7.05. The van der Waals surface area contributed by atoms with E-state index in [1.165, 1.54) is 9.47 Å². The highest BCUT2D eigenvalue weighted by Gasteiger charge is 2.68. The molecule has 0 spiro atoms. The summed E-state index contributed by atoms with van der Waals surface area (Å²) >= 11 is 17.7. The first-order valence-corrected chi connectivity index (χ1v) is 11.3. The molecule has 1 amide bonds. The Morgan fingerprint density at radius 3 is 2.55 bits per heavy atom. The molecule has 1 atom stereocenters. The largest absolute Gasteiger partial charge is 0.385 e. The van der Waals surface area contributed by atoms with Crippen molar-refractivity contribution >= 4 is 57.9 Å². The average molecular weight is 514 g/mol. The number of rotatable bonds is 8. The smallest absolute Gasteiger partial charge is 0.330 e. The highest BCUT2D eigenvalue weighted by atomic mass is 35.5. The molecule has 1 aromatic carbocycles. The molecule has 1 aromatic heterocycles. The first-order chi connectivity index (χ1) is 15.5. The summed E-state index contributed by atoms with van der Waals surface area (Å²) in [7, 11) is 1.54. The Bertz CT molecular complexity index is 1170. The van der Waals surface area contributed by atoms with Gasteiger partial charge in [-0.05, 0) is 37.5 Å². The maximum absolute atomic E-state index is 12.8. The molecule has 0 bridgehead atoms. The van der Waals surface area contributed by atoms with E-state index in [9.17, 15) is 14.4 Å². The number of carbonyl (C=O) groups excluding carboxylic acids is 1. The standard InChI is InChI=1S/C21H25Cl2N5O4S/c1-20(12-21(20,22)23)17(30)26-19(33)27(9-6-10-32-2)14-15(24)28(18(31)25-16(14)29)11-13-7-4-3-5-8-13/h3-5,7-8H,6,9-12,24H2,1-2H3,(H,25,29,31)(H,26,30,33)/t20-/m0/s1. The van der Waals surface area contributed by atoms with Crippen molar-refractivity contribution in [2.75, 3.05) is 30.9 Å². The topological polar surface area (TPSA) is 122 Å². The van der Waals surface area contributed by atoms with E-state index >= 15 is 0 Å². The number of nitrogen functional groups attached to an aromatic ring is 1. The number of aromatic nitrogens is 2. The number of benzene rings is 1. The predicted molar refractivity (Wildman–Crippen MR) is 133 cm³/mol. The van der Waals surface area contributed by atoms with Gasteiger partial charge in [-0.3, -0.25) is 19.1 Å². The van der Waals surface area contributed by atoms with Crippen molar-refractivity contribution < 1.29 is 9.53 Å².